The molecule has 0 amide bonds. The van der Waals surface area contributed by atoms with Crippen molar-refractivity contribution < 1.29 is 18.3 Å². The third-order valence-electron chi connectivity index (χ3n) is 2.26. The zero-order valence-corrected chi connectivity index (χ0v) is 10.9. The van der Waals surface area contributed by atoms with Gasteiger partial charge in [-0.05, 0) is 12.1 Å². The predicted molar refractivity (Wildman–Crippen MR) is 64.9 cm³/mol. The molecule has 0 bridgehead atoms. The van der Waals surface area contributed by atoms with Crippen molar-refractivity contribution in [3.63, 3.8) is 0 Å². The Morgan fingerprint density at radius 2 is 1.72 bits per heavy atom. The fraction of sp³-hybridized carbons (Fsp3) is 0.455. The third kappa shape index (κ3) is 5.02. The first-order valence-electron chi connectivity index (χ1n) is 5.16. The molecule has 0 saturated heterocycles. The molecule has 0 aromatic heterocycles. The Bertz CT molecular complexity index is 378. The van der Waals surface area contributed by atoms with Gasteiger partial charge in [-0.1, -0.05) is 29.3 Å². The van der Waals surface area contributed by atoms with E-state index in [1.165, 1.54) is 0 Å². The van der Waals surface area contributed by atoms with Crippen LogP contribution in [0.5, 0.6) is 0 Å². The lowest BCUT2D eigenvalue weighted by Crippen LogP contribution is -2.35. The average Bonchev–Trinajstić information content (AvgIpc) is 2.21. The molecule has 0 spiro atoms. The van der Waals surface area contributed by atoms with Crippen LogP contribution in [0.1, 0.15) is 5.56 Å². The summed E-state index contributed by atoms with van der Waals surface area (Å²) in [6.07, 6.45) is -4.33. The third-order valence-corrected chi connectivity index (χ3v) is 2.97. The van der Waals surface area contributed by atoms with Crippen LogP contribution in [0.4, 0.5) is 13.2 Å². The molecule has 0 aliphatic rings. The molecular formula is C11H12Cl2F3NO. The van der Waals surface area contributed by atoms with Crippen molar-refractivity contribution in [3.8, 4) is 0 Å². The van der Waals surface area contributed by atoms with E-state index in [9.17, 15) is 13.2 Å². The Balaban J connectivity index is 2.83. The van der Waals surface area contributed by atoms with Crippen LogP contribution in [0.15, 0.2) is 18.2 Å². The lowest BCUT2D eigenvalue weighted by atomic mass is 10.2. The Morgan fingerprint density at radius 1 is 1.17 bits per heavy atom. The number of nitrogens with zero attached hydrogens (tertiary/aromatic N) is 1. The number of hydrogen-bond donors (Lipinski definition) is 1. The van der Waals surface area contributed by atoms with Gasteiger partial charge in [0.1, 0.15) is 0 Å². The topological polar surface area (TPSA) is 23.5 Å². The maximum atomic E-state index is 12.3. The van der Waals surface area contributed by atoms with Crippen LogP contribution in [0.2, 0.25) is 10.0 Å². The Kier molecular flexibility index (Phi) is 5.72. The maximum Gasteiger partial charge on any atom is 0.401 e. The normalized spacial score (nSPS) is 12.2. The maximum absolute atomic E-state index is 12.3. The molecule has 0 atom stereocenters. The molecule has 102 valence electrons. The van der Waals surface area contributed by atoms with E-state index in [0.29, 0.717) is 15.6 Å². The van der Waals surface area contributed by atoms with Crippen LogP contribution < -0.4 is 0 Å². The van der Waals surface area contributed by atoms with Crippen molar-refractivity contribution in [2.24, 2.45) is 0 Å². The van der Waals surface area contributed by atoms with E-state index in [2.05, 4.69) is 0 Å². The van der Waals surface area contributed by atoms with Crippen LogP contribution in [0.3, 0.4) is 0 Å². The van der Waals surface area contributed by atoms with E-state index in [0.717, 1.165) is 4.90 Å². The zero-order valence-electron chi connectivity index (χ0n) is 9.34. The average molecular weight is 302 g/mol. The van der Waals surface area contributed by atoms with E-state index in [4.69, 9.17) is 28.3 Å². The van der Waals surface area contributed by atoms with Crippen molar-refractivity contribution in [1.82, 2.24) is 4.90 Å². The lowest BCUT2D eigenvalue weighted by molar-refractivity contribution is -0.147. The quantitative estimate of drug-likeness (QED) is 0.901. The minimum absolute atomic E-state index is 0.0570. The summed E-state index contributed by atoms with van der Waals surface area (Å²) in [5, 5.41) is 9.40. The number of alkyl halides is 3. The molecule has 0 fully saturated rings. The van der Waals surface area contributed by atoms with Crippen molar-refractivity contribution in [3.05, 3.63) is 33.8 Å². The molecule has 0 saturated carbocycles. The molecule has 1 rings (SSSR count). The van der Waals surface area contributed by atoms with Gasteiger partial charge >= 0.3 is 6.18 Å². The summed E-state index contributed by atoms with van der Waals surface area (Å²) in [5.41, 5.74) is 0.429. The highest BCUT2D eigenvalue weighted by molar-refractivity contribution is 6.35. The second-order valence-corrected chi connectivity index (χ2v) is 4.56. The molecule has 0 radical (unpaired) electrons. The van der Waals surface area contributed by atoms with E-state index >= 15 is 0 Å². The van der Waals surface area contributed by atoms with E-state index in [1.54, 1.807) is 18.2 Å². The molecule has 0 aliphatic heterocycles. The highest BCUT2D eigenvalue weighted by Gasteiger charge is 2.30. The Hall–Kier alpha value is -0.490. The van der Waals surface area contributed by atoms with Crippen LogP contribution >= 0.6 is 23.2 Å². The molecule has 2 nitrogen and oxygen atoms in total. The highest BCUT2D eigenvalue weighted by Crippen LogP contribution is 2.27. The van der Waals surface area contributed by atoms with Gasteiger partial charge in [0.15, 0.2) is 0 Å². The fourth-order valence-corrected chi connectivity index (χ4v) is 2.03. The first-order chi connectivity index (χ1) is 8.33. The van der Waals surface area contributed by atoms with Gasteiger partial charge in [-0.15, -0.1) is 0 Å². The van der Waals surface area contributed by atoms with E-state index in [1.807, 2.05) is 0 Å². The predicted octanol–water partition coefficient (Wildman–Crippen LogP) is 3.35. The molecule has 7 heteroatoms. The van der Waals surface area contributed by atoms with Gasteiger partial charge in [-0.3, -0.25) is 4.90 Å². The van der Waals surface area contributed by atoms with Crippen LogP contribution in [0, 0.1) is 0 Å². The summed E-state index contributed by atoms with van der Waals surface area (Å²) >= 11 is 11.8. The second kappa shape index (κ2) is 6.61. The number of hydrogen-bond acceptors (Lipinski definition) is 2. The molecule has 1 aromatic rings. The number of aliphatic hydroxyl groups is 1. The zero-order chi connectivity index (χ0) is 13.8. The smallest absolute Gasteiger partial charge is 0.395 e. The number of halogens is 5. The molecule has 1 N–H and O–H groups in total. The first kappa shape index (κ1) is 15.6. The van der Waals surface area contributed by atoms with Gasteiger partial charge in [0.2, 0.25) is 0 Å². The van der Waals surface area contributed by atoms with Gasteiger partial charge in [0.05, 0.1) is 13.2 Å². The molecule has 0 heterocycles. The minimum atomic E-state index is -4.33. The van der Waals surface area contributed by atoms with Crippen molar-refractivity contribution in [2.75, 3.05) is 19.7 Å². The SMILES string of the molecule is OCCN(Cc1c(Cl)cccc1Cl)CC(F)(F)F. The molecule has 0 unspecified atom stereocenters. The van der Waals surface area contributed by atoms with Gasteiger partial charge < -0.3 is 5.11 Å². The number of aliphatic hydroxyl groups excluding tert-OH is 1. The minimum Gasteiger partial charge on any atom is -0.395 e. The van der Waals surface area contributed by atoms with Gasteiger partial charge in [0, 0.05) is 28.7 Å². The van der Waals surface area contributed by atoms with Crippen molar-refractivity contribution in [1.29, 1.82) is 0 Å². The monoisotopic (exact) mass is 301 g/mol. The van der Waals surface area contributed by atoms with E-state index in [-0.39, 0.29) is 19.7 Å². The Labute approximate surface area is 113 Å². The number of rotatable bonds is 5. The largest absolute Gasteiger partial charge is 0.401 e. The summed E-state index contributed by atoms with van der Waals surface area (Å²) < 4.78 is 37.0. The van der Waals surface area contributed by atoms with Crippen LogP contribution in [-0.4, -0.2) is 35.9 Å². The standard InChI is InChI=1S/C11H12Cl2F3NO/c12-9-2-1-3-10(13)8(9)6-17(4-5-18)7-11(14,15)16/h1-3,18H,4-7H2. The summed E-state index contributed by atoms with van der Waals surface area (Å²) in [6.45, 7) is -1.63. The molecule has 0 aliphatic carbocycles. The van der Waals surface area contributed by atoms with Gasteiger partial charge in [-0.25, -0.2) is 0 Å². The number of benzene rings is 1. The second-order valence-electron chi connectivity index (χ2n) is 3.75. The van der Waals surface area contributed by atoms with Gasteiger partial charge in [-0.2, -0.15) is 13.2 Å². The van der Waals surface area contributed by atoms with Crippen LogP contribution in [-0.2, 0) is 6.54 Å². The Morgan fingerprint density at radius 3 is 2.17 bits per heavy atom. The van der Waals surface area contributed by atoms with Crippen LogP contribution in [0.25, 0.3) is 0 Å². The van der Waals surface area contributed by atoms with Gasteiger partial charge in [0.25, 0.3) is 0 Å². The molecular weight excluding hydrogens is 290 g/mol. The summed E-state index contributed by atoms with van der Waals surface area (Å²) in [7, 11) is 0. The summed E-state index contributed by atoms with van der Waals surface area (Å²) in [4.78, 5) is 1.05. The summed E-state index contributed by atoms with van der Waals surface area (Å²) in [5.74, 6) is 0. The summed E-state index contributed by atoms with van der Waals surface area (Å²) in [6, 6.07) is 4.75. The van der Waals surface area contributed by atoms with Crippen molar-refractivity contribution >= 4 is 23.2 Å². The highest BCUT2D eigenvalue weighted by atomic mass is 35.5. The first-order valence-corrected chi connectivity index (χ1v) is 5.92. The fourth-order valence-electron chi connectivity index (χ4n) is 1.52. The molecule has 1 aromatic carbocycles. The lowest BCUT2D eigenvalue weighted by Gasteiger charge is -2.23. The van der Waals surface area contributed by atoms with E-state index < -0.39 is 12.7 Å². The molecule has 18 heavy (non-hydrogen) atoms. The van der Waals surface area contributed by atoms with Crippen molar-refractivity contribution in [2.45, 2.75) is 12.7 Å².